The summed E-state index contributed by atoms with van der Waals surface area (Å²) in [6.45, 7) is 0. The molecule has 1 unspecified atom stereocenters. The number of carbonyl (C=O) groups excluding carboxylic acids is 1. The second kappa shape index (κ2) is 3.12. The van der Waals surface area contributed by atoms with Gasteiger partial charge in [-0.2, -0.15) is 10.1 Å². The third kappa shape index (κ3) is 1.47. The molecule has 1 atom stereocenters. The van der Waals surface area contributed by atoms with Crippen molar-refractivity contribution in [2.75, 3.05) is 0 Å². The van der Waals surface area contributed by atoms with Crippen LogP contribution in [-0.4, -0.2) is 31.7 Å². The maximum atomic E-state index is 10.7. The zero-order valence-corrected chi connectivity index (χ0v) is 6.40. The van der Waals surface area contributed by atoms with Crippen LogP contribution >= 0.6 is 0 Å². The number of nitrogens with two attached hydrogens (primary N) is 1. The Labute approximate surface area is 69.1 Å². The van der Waals surface area contributed by atoms with E-state index in [2.05, 4.69) is 20.4 Å². The molecule has 8 heteroatoms. The number of nitrogens with zero attached hydrogens (tertiary/aromatic N) is 3. The van der Waals surface area contributed by atoms with E-state index in [0.717, 1.165) is 0 Å². The van der Waals surface area contributed by atoms with Crippen LogP contribution in [0.2, 0.25) is 0 Å². The van der Waals surface area contributed by atoms with Crippen molar-refractivity contribution in [2.24, 2.45) is 21.0 Å². The summed E-state index contributed by atoms with van der Waals surface area (Å²) in [5.74, 6) is -0.626. The number of azo groups is 1. The number of nitrogens with one attached hydrogen (secondary N) is 2. The minimum Gasteiger partial charge on any atom is -0.421 e. The monoisotopic (exact) mass is 166 g/mol. The van der Waals surface area contributed by atoms with Crippen LogP contribution in [0.15, 0.2) is 15.2 Å². The van der Waals surface area contributed by atoms with Crippen molar-refractivity contribution in [2.45, 2.75) is 6.04 Å². The fraction of sp³-hybridized carbons (Fsp3) is 0.250. The molecule has 1 rings (SSSR count). The number of primary amides is 1. The molecule has 1 aliphatic heterocycles. The van der Waals surface area contributed by atoms with Gasteiger partial charge >= 0.3 is 0 Å². The molecule has 0 aliphatic carbocycles. The maximum Gasteiger partial charge on any atom is 0.262 e. The van der Waals surface area contributed by atoms with E-state index in [1.165, 1.54) is 0 Å². The van der Waals surface area contributed by atoms with Crippen molar-refractivity contribution in [3.05, 3.63) is 0 Å². The fourth-order valence-corrected chi connectivity index (χ4v) is 0.749. The van der Waals surface area contributed by atoms with Gasteiger partial charge in [-0.3, -0.25) is 10.2 Å². The summed E-state index contributed by atoms with van der Waals surface area (Å²) < 4.78 is 0. The zero-order valence-electron chi connectivity index (χ0n) is 6.40. The largest absolute Gasteiger partial charge is 0.421 e. The number of guanidine groups is 1. The molecule has 0 saturated heterocycles. The van der Waals surface area contributed by atoms with Crippen LogP contribution in [0.3, 0.4) is 0 Å². The molecule has 1 aliphatic rings. The lowest BCUT2D eigenvalue weighted by Gasteiger charge is -2.13. The van der Waals surface area contributed by atoms with Gasteiger partial charge in [0.2, 0.25) is 14.0 Å². The normalized spacial score (nSPS) is 21.8. The number of hydrogen-bond acceptors (Lipinski definition) is 4. The number of amidine groups is 1. The molecule has 0 aromatic carbocycles. The summed E-state index contributed by atoms with van der Waals surface area (Å²) in [6.07, 6.45) is 0. The minimum absolute atomic E-state index is 0.239. The number of amides is 1. The third-order valence-corrected chi connectivity index (χ3v) is 1.28. The molecule has 62 valence electrons. The average Bonchev–Trinajstić information content (AvgIpc) is 2.03. The number of aliphatic imine (C=N–C) groups is 1. The maximum absolute atomic E-state index is 10.7. The highest BCUT2D eigenvalue weighted by molar-refractivity contribution is 6.23. The van der Waals surface area contributed by atoms with Crippen molar-refractivity contribution >= 4 is 25.7 Å². The van der Waals surface area contributed by atoms with E-state index in [1.54, 1.807) is 7.98 Å². The lowest BCUT2D eigenvalue weighted by molar-refractivity contribution is -0.117. The van der Waals surface area contributed by atoms with Gasteiger partial charge < -0.3 is 11.0 Å². The average molecular weight is 166 g/mol. The summed E-state index contributed by atoms with van der Waals surface area (Å²) in [4.78, 5) is 14.3. The van der Waals surface area contributed by atoms with Gasteiger partial charge in [-0.05, 0) is 0 Å². The van der Waals surface area contributed by atoms with Crippen molar-refractivity contribution in [1.29, 1.82) is 5.41 Å². The number of hydrogen-bond donors (Lipinski definition) is 3. The predicted molar refractivity (Wildman–Crippen MR) is 44.7 cm³/mol. The summed E-state index contributed by atoms with van der Waals surface area (Å²) >= 11 is 0. The van der Waals surface area contributed by atoms with Gasteiger partial charge in [0.25, 0.3) is 11.9 Å². The molecule has 1 heterocycles. The molecular formula is C4H7BN6O. The van der Waals surface area contributed by atoms with Gasteiger partial charge in [0, 0.05) is 0 Å². The second-order valence-corrected chi connectivity index (χ2v) is 2.09. The van der Waals surface area contributed by atoms with Crippen molar-refractivity contribution in [3.8, 4) is 0 Å². The highest BCUT2D eigenvalue weighted by Gasteiger charge is 2.23. The van der Waals surface area contributed by atoms with Gasteiger partial charge in [0.1, 0.15) is 5.84 Å². The molecule has 12 heavy (non-hydrogen) atoms. The molecule has 7 nitrogen and oxygen atoms in total. The molecule has 0 radical (unpaired) electrons. The molecule has 0 spiro atoms. The molecule has 1 amide bonds. The van der Waals surface area contributed by atoms with Crippen molar-refractivity contribution < 1.29 is 4.79 Å². The Morgan fingerprint density at radius 1 is 1.75 bits per heavy atom. The van der Waals surface area contributed by atoms with Crippen LogP contribution in [0.5, 0.6) is 0 Å². The second-order valence-electron chi connectivity index (χ2n) is 2.09. The first-order valence-electron chi connectivity index (χ1n) is 3.20. The van der Waals surface area contributed by atoms with Crippen LogP contribution in [0.25, 0.3) is 0 Å². The Kier molecular flexibility index (Phi) is 2.17. The van der Waals surface area contributed by atoms with Crippen LogP contribution in [-0.2, 0) is 4.79 Å². The van der Waals surface area contributed by atoms with E-state index in [1.807, 2.05) is 0 Å². The van der Waals surface area contributed by atoms with Gasteiger partial charge in [-0.25, -0.2) is 0 Å². The molecule has 0 bridgehead atoms. The first-order chi connectivity index (χ1) is 5.65. The number of rotatable bonds is 1. The molecule has 0 aromatic heterocycles. The van der Waals surface area contributed by atoms with Crippen LogP contribution in [0.1, 0.15) is 0 Å². The molecule has 0 aromatic rings. The topological polar surface area (TPSA) is 116 Å². The number of carbonyl (C=O) groups is 1. The summed E-state index contributed by atoms with van der Waals surface area (Å²) in [7, 11) is 1.57. The quantitative estimate of drug-likeness (QED) is 0.382. The van der Waals surface area contributed by atoms with Crippen molar-refractivity contribution in [3.63, 3.8) is 0 Å². The van der Waals surface area contributed by atoms with Gasteiger partial charge in [0.05, 0.1) is 0 Å². The third-order valence-electron chi connectivity index (χ3n) is 1.28. The molecular weight excluding hydrogens is 159 g/mol. The first-order valence-corrected chi connectivity index (χ1v) is 3.20. The predicted octanol–water partition coefficient (Wildman–Crippen LogP) is -2.22. The van der Waals surface area contributed by atoms with Gasteiger partial charge in [0.15, 0.2) is 0 Å². The van der Waals surface area contributed by atoms with Crippen LogP contribution in [0, 0.1) is 5.41 Å². The Hall–Kier alpha value is -1.73. The Morgan fingerprint density at radius 3 is 2.92 bits per heavy atom. The summed E-state index contributed by atoms with van der Waals surface area (Å²) in [6, 6.07) is -0.885. The van der Waals surface area contributed by atoms with E-state index >= 15 is 0 Å². The Morgan fingerprint density at radius 2 is 2.42 bits per heavy atom. The highest BCUT2D eigenvalue weighted by atomic mass is 16.1. The SMILES string of the molecule is BNC1=NC(=N)N=NC1C(N)=O. The zero-order chi connectivity index (χ0) is 9.14. The van der Waals surface area contributed by atoms with E-state index in [4.69, 9.17) is 11.1 Å². The first kappa shape index (κ1) is 8.37. The lowest BCUT2D eigenvalue weighted by Crippen LogP contribution is -2.43. The Bertz CT molecular complexity index is 283. The molecule has 0 saturated carbocycles. The minimum atomic E-state index is -0.885. The van der Waals surface area contributed by atoms with Crippen LogP contribution in [0.4, 0.5) is 0 Å². The summed E-state index contributed by atoms with van der Waals surface area (Å²) in [5.41, 5.74) is 4.99. The van der Waals surface area contributed by atoms with E-state index in [0.29, 0.717) is 0 Å². The van der Waals surface area contributed by atoms with E-state index < -0.39 is 11.9 Å². The van der Waals surface area contributed by atoms with E-state index in [9.17, 15) is 4.79 Å². The van der Waals surface area contributed by atoms with Crippen LogP contribution < -0.4 is 11.0 Å². The Balaban J connectivity index is 2.90. The fourth-order valence-electron chi connectivity index (χ4n) is 0.749. The lowest BCUT2D eigenvalue weighted by atomic mass is 10.2. The van der Waals surface area contributed by atoms with Gasteiger partial charge in [-0.1, -0.05) is 0 Å². The smallest absolute Gasteiger partial charge is 0.262 e. The summed E-state index contributed by atoms with van der Waals surface area (Å²) in [5, 5.41) is 16.4. The highest BCUT2D eigenvalue weighted by Crippen LogP contribution is 2.01. The van der Waals surface area contributed by atoms with E-state index in [-0.39, 0.29) is 11.8 Å². The molecule has 0 fully saturated rings. The standard InChI is InChI=1S/C4H7BN6O/c5-9-3-1(2(6)12)10-11-4(7)8-3/h1H,5H2,(H2,6,12)(H2,7,8,9). The molecule has 4 N–H and O–H groups in total. The van der Waals surface area contributed by atoms with Crippen molar-refractivity contribution in [1.82, 2.24) is 5.23 Å². The van der Waals surface area contributed by atoms with Gasteiger partial charge in [-0.15, -0.1) is 5.11 Å².